The Morgan fingerprint density at radius 3 is 2.46 bits per heavy atom. The third-order valence-corrected chi connectivity index (χ3v) is 7.62. The second-order valence-corrected chi connectivity index (χ2v) is 9.83. The quantitative estimate of drug-likeness (QED) is 0.359. The standard InChI is InChI=1S/C28H23F2N5O4/c1-13-15-5-7-21(17(15)4-3-16(13)28(38)39)34-27(37)24-12-23(32-25-8-9-31-35(24)25)26(36)33-22-6-2-14-10-19(29)20(30)11-18(14)22/h3-4,8-12,21-22H,2,5-7H2,1H3,(H,33,36)(H,34,37)(H,38,39)/t21-,22-/m0/s1. The van der Waals surface area contributed by atoms with Gasteiger partial charge in [-0.3, -0.25) is 9.59 Å². The Kier molecular flexibility index (Phi) is 5.86. The van der Waals surface area contributed by atoms with Gasteiger partial charge in [0.2, 0.25) is 0 Å². The largest absolute Gasteiger partial charge is 0.478 e. The highest BCUT2D eigenvalue weighted by atomic mass is 19.2. The van der Waals surface area contributed by atoms with Crippen LogP contribution in [0.4, 0.5) is 8.78 Å². The number of rotatable bonds is 5. The summed E-state index contributed by atoms with van der Waals surface area (Å²) in [6, 6.07) is 7.59. The van der Waals surface area contributed by atoms with Crippen LogP contribution in [0.5, 0.6) is 0 Å². The summed E-state index contributed by atoms with van der Waals surface area (Å²) in [5.41, 5.74) is 4.23. The second-order valence-electron chi connectivity index (χ2n) is 9.83. The van der Waals surface area contributed by atoms with Crippen molar-refractivity contribution in [3.8, 4) is 0 Å². The molecular formula is C28H23F2N5O4. The van der Waals surface area contributed by atoms with Crippen molar-refractivity contribution < 1.29 is 28.3 Å². The number of carboxylic acid groups (broad SMARTS) is 1. The fraction of sp³-hybridized carbons (Fsp3) is 0.250. The number of hydrogen-bond acceptors (Lipinski definition) is 5. The van der Waals surface area contributed by atoms with E-state index in [9.17, 15) is 28.3 Å². The fourth-order valence-electron chi connectivity index (χ4n) is 5.67. The smallest absolute Gasteiger partial charge is 0.335 e. The summed E-state index contributed by atoms with van der Waals surface area (Å²) in [4.78, 5) is 42.4. The van der Waals surface area contributed by atoms with Crippen molar-refractivity contribution in [1.82, 2.24) is 25.2 Å². The Labute approximate surface area is 220 Å². The van der Waals surface area contributed by atoms with Gasteiger partial charge in [-0.2, -0.15) is 5.10 Å². The monoisotopic (exact) mass is 531 g/mol. The van der Waals surface area contributed by atoms with Crippen molar-refractivity contribution in [2.45, 2.75) is 44.7 Å². The molecule has 11 heteroatoms. The van der Waals surface area contributed by atoms with Gasteiger partial charge >= 0.3 is 5.97 Å². The van der Waals surface area contributed by atoms with E-state index in [-0.39, 0.29) is 23.0 Å². The van der Waals surface area contributed by atoms with Crippen LogP contribution >= 0.6 is 0 Å². The van der Waals surface area contributed by atoms with Crippen molar-refractivity contribution >= 4 is 23.4 Å². The van der Waals surface area contributed by atoms with Crippen molar-refractivity contribution in [3.63, 3.8) is 0 Å². The summed E-state index contributed by atoms with van der Waals surface area (Å²) in [5.74, 6) is -3.92. The van der Waals surface area contributed by atoms with Gasteiger partial charge in [0.15, 0.2) is 17.3 Å². The molecule has 0 radical (unpaired) electrons. The summed E-state index contributed by atoms with van der Waals surface area (Å²) < 4.78 is 28.8. The Bertz CT molecular complexity index is 1700. The summed E-state index contributed by atoms with van der Waals surface area (Å²) in [6.45, 7) is 1.77. The third kappa shape index (κ3) is 4.19. The van der Waals surface area contributed by atoms with Crippen LogP contribution < -0.4 is 10.6 Å². The molecule has 0 bridgehead atoms. The summed E-state index contributed by atoms with van der Waals surface area (Å²) >= 11 is 0. The Morgan fingerprint density at radius 2 is 1.67 bits per heavy atom. The van der Waals surface area contributed by atoms with Gasteiger partial charge in [0.25, 0.3) is 11.8 Å². The first-order chi connectivity index (χ1) is 18.7. The van der Waals surface area contributed by atoms with Gasteiger partial charge in [0.1, 0.15) is 11.4 Å². The lowest BCUT2D eigenvalue weighted by atomic mass is 9.98. The number of amides is 2. The minimum absolute atomic E-state index is 0.0158. The molecule has 2 heterocycles. The number of carbonyl (C=O) groups is 3. The van der Waals surface area contributed by atoms with Gasteiger partial charge in [0.05, 0.1) is 23.8 Å². The molecule has 0 aliphatic heterocycles. The van der Waals surface area contributed by atoms with Crippen molar-refractivity contribution in [1.29, 1.82) is 0 Å². The van der Waals surface area contributed by atoms with Gasteiger partial charge in [-0.25, -0.2) is 23.1 Å². The maximum absolute atomic E-state index is 13.8. The van der Waals surface area contributed by atoms with Crippen LogP contribution in [-0.2, 0) is 12.8 Å². The van der Waals surface area contributed by atoms with Gasteiger partial charge in [-0.1, -0.05) is 6.07 Å². The number of aromatic carboxylic acids is 1. The number of halogens is 2. The molecule has 2 atom stereocenters. The zero-order valence-electron chi connectivity index (χ0n) is 20.8. The van der Waals surface area contributed by atoms with Crippen LogP contribution in [-0.4, -0.2) is 37.5 Å². The van der Waals surface area contributed by atoms with Crippen LogP contribution in [0.2, 0.25) is 0 Å². The molecule has 2 aromatic heterocycles. The molecule has 9 nitrogen and oxygen atoms in total. The molecule has 39 heavy (non-hydrogen) atoms. The van der Waals surface area contributed by atoms with Gasteiger partial charge < -0.3 is 15.7 Å². The predicted octanol–water partition coefficient (Wildman–Crippen LogP) is 3.85. The highest BCUT2D eigenvalue weighted by Crippen LogP contribution is 2.35. The molecule has 6 rings (SSSR count). The lowest BCUT2D eigenvalue weighted by Crippen LogP contribution is -2.31. The highest BCUT2D eigenvalue weighted by Gasteiger charge is 2.30. The lowest BCUT2D eigenvalue weighted by Gasteiger charge is -2.17. The SMILES string of the molecule is Cc1c(C(=O)O)ccc2c1CC[C@@H]2NC(=O)c1cc(C(=O)N[C@H]2CCc3cc(F)c(F)cc32)nc2ccnn12. The van der Waals surface area contributed by atoms with Gasteiger partial charge in [0, 0.05) is 12.1 Å². The zero-order chi connectivity index (χ0) is 27.4. The molecule has 3 N–H and O–H groups in total. The van der Waals surface area contributed by atoms with Gasteiger partial charge in [-0.15, -0.1) is 0 Å². The molecule has 0 saturated heterocycles. The summed E-state index contributed by atoms with van der Waals surface area (Å²) in [5, 5.41) is 19.4. The fourth-order valence-corrected chi connectivity index (χ4v) is 5.67. The average Bonchev–Trinajstić information content (AvgIpc) is 3.63. The van der Waals surface area contributed by atoms with Crippen LogP contribution in [0.15, 0.2) is 42.6 Å². The van der Waals surface area contributed by atoms with Crippen LogP contribution in [0.25, 0.3) is 5.65 Å². The number of fused-ring (bicyclic) bond motifs is 3. The maximum Gasteiger partial charge on any atom is 0.335 e. The topological polar surface area (TPSA) is 126 Å². The van der Waals surface area contributed by atoms with E-state index < -0.39 is 35.5 Å². The normalized spacial score (nSPS) is 17.6. The lowest BCUT2D eigenvalue weighted by molar-refractivity contribution is 0.0695. The molecule has 0 unspecified atom stereocenters. The molecule has 0 spiro atoms. The van der Waals surface area contributed by atoms with E-state index in [1.807, 2.05) is 0 Å². The minimum Gasteiger partial charge on any atom is -0.478 e. The molecule has 4 aromatic rings. The number of hydrogen-bond donors (Lipinski definition) is 3. The molecule has 2 aliphatic rings. The Morgan fingerprint density at radius 1 is 0.949 bits per heavy atom. The van der Waals surface area contributed by atoms with E-state index in [4.69, 9.17) is 0 Å². The number of aromatic nitrogens is 3. The minimum atomic E-state index is -0.996. The number of carboxylic acids is 1. The number of nitrogens with one attached hydrogen (secondary N) is 2. The molecule has 198 valence electrons. The molecule has 2 aliphatic carbocycles. The van der Waals surface area contributed by atoms with E-state index in [2.05, 4.69) is 20.7 Å². The van der Waals surface area contributed by atoms with E-state index in [0.29, 0.717) is 48.0 Å². The van der Waals surface area contributed by atoms with E-state index in [1.165, 1.54) is 16.8 Å². The average molecular weight is 532 g/mol. The number of benzene rings is 2. The van der Waals surface area contributed by atoms with Crippen LogP contribution in [0.1, 0.15) is 84.1 Å². The van der Waals surface area contributed by atoms with Crippen molar-refractivity contribution in [2.24, 2.45) is 0 Å². The Hall–Kier alpha value is -4.67. The number of aryl methyl sites for hydroxylation is 1. The third-order valence-electron chi connectivity index (χ3n) is 7.62. The molecular weight excluding hydrogens is 508 g/mol. The second kappa shape index (κ2) is 9.26. The molecule has 0 saturated carbocycles. The van der Waals surface area contributed by atoms with E-state index >= 15 is 0 Å². The number of carbonyl (C=O) groups excluding carboxylic acids is 2. The molecule has 2 amide bonds. The van der Waals surface area contributed by atoms with Crippen molar-refractivity contribution in [3.05, 3.63) is 99.0 Å². The van der Waals surface area contributed by atoms with Crippen LogP contribution in [0.3, 0.4) is 0 Å². The predicted molar refractivity (Wildman–Crippen MR) is 135 cm³/mol. The van der Waals surface area contributed by atoms with E-state index in [1.54, 1.807) is 25.1 Å². The highest BCUT2D eigenvalue weighted by molar-refractivity contribution is 5.98. The maximum atomic E-state index is 13.8. The molecule has 0 fully saturated rings. The Balaban J connectivity index is 1.26. The summed E-state index contributed by atoms with van der Waals surface area (Å²) in [6.07, 6.45) is 3.67. The van der Waals surface area contributed by atoms with Gasteiger partial charge in [-0.05, 0) is 78.6 Å². The first-order valence-electron chi connectivity index (χ1n) is 12.5. The van der Waals surface area contributed by atoms with E-state index in [0.717, 1.165) is 23.3 Å². The summed E-state index contributed by atoms with van der Waals surface area (Å²) in [7, 11) is 0. The van der Waals surface area contributed by atoms with Crippen LogP contribution in [0, 0.1) is 18.6 Å². The first kappa shape index (κ1) is 24.7. The zero-order valence-corrected chi connectivity index (χ0v) is 20.8. The molecule has 2 aromatic carbocycles. The first-order valence-corrected chi connectivity index (χ1v) is 12.5. The number of nitrogens with zero attached hydrogens (tertiary/aromatic N) is 3. The van der Waals surface area contributed by atoms with Crippen molar-refractivity contribution in [2.75, 3.05) is 0 Å².